The van der Waals surface area contributed by atoms with Gasteiger partial charge in [0.15, 0.2) is 0 Å². The molecule has 2 aliphatic rings. The summed E-state index contributed by atoms with van der Waals surface area (Å²) in [4.78, 5) is 12.5. The molecule has 3 nitrogen and oxygen atoms in total. The van der Waals surface area contributed by atoms with Crippen LogP contribution in [0.4, 0.5) is 8.78 Å². The van der Waals surface area contributed by atoms with Crippen molar-refractivity contribution in [1.29, 1.82) is 0 Å². The summed E-state index contributed by atoms with van der Waals surface area (Å²) in [5.74, 6) is -4.19. The molecule has 1 N–H and O–H groups in total. The van der Waals surface area contributed by atoms with E-state index in [1.165, 1.54) is 0 Å². The standard InChI is InChI=1S/C11H17F2NO2/c1-7(10(15)16)14-5-8-3-2-4-11(12,13)9(8)6-14/h7-9H,2-6H2,1H3,(H,15,16)/t7-,8-,9+/m1/s1. The van der Waals surface area contributed by atoms with Crippen molar-refractivity contribution in [3.63, 3.8) is 0 Å². The fourth-order valence-electron chi connectivity index (χ4n) is 2.93. The van der Waals surface area contributed by atoms with Crippen LogP contribution in [0.1, 0.15) is 26.2 Å². The largest absolute Gasteiger partial charge is 0.480 e. The van der Waals surface area contributed by atoms with Crippen LogP contribution in [0.25, 0.3) is 0 Å². The molecule has 5 heteroatoms. The maximum absolute atomic E-state index is 13.6. The first kappa shape index (κ1) is 11.8. The van der Waals surface area contributed by atoms with Crippen molar-refractivity contribution in [3.05, 3.63) is 0 Å². The maximum Gasteiger partial charge on any atom is 0.320 e. The van der Waals surface area contributed by atoms with E-state index in [0.29, 0.717) is 13.0 Å². The summed E-state index contributed by atoms with van der Waals surface area (Å²) in [6.45, 7) is 2.30. The van der Waals surface area contributed by atoms with E-state index in [2.05, 4.69) is 0 Å². The lowest BCUT2D eigenvalue weighted by molar-refractivity contribution is -0.142. The number of carboxylic acid groups (broad SMARTS) is 1. The van der Waals surface area contributed by atoms with Gasteiger partial charge in [-0.2, -0.15) is 0 Å². The summed E-state index contributed by atoms with van der Waals surface area (Å²) in [5, 5.41) is 8.88. The molecule has 16 heavy (non-hydrogen) atoms. The Morgan fingerprint density at radius 1 is 1.50 bits per heavy atom. The number of rotatable bonds is 2. The van der Waals surface area contributed by atoms with Crippen molar-refractivity contribution in [1.82, 2.24) is 4.90 Å². The van der Waals surface area contributed by atoms with Crippen LogP contribution in [0, 0.1) is 11.8 Å². The predicted octanol–water partition coefficient (Wildman–Crippen LogP) is 1.83. The lowest BCUT2D eigenvalue weighted by Crippen LogP contribution is -2.39. The molecule has 1 heterocycles. The first-order valence-electron chi connectivity index (χ1n) is 5.76. The lowest BCUT2D eigenvalue weighted by Gasteiger charge is -2.32. The zero-order valence-electron chi connectivity index (χ0n) is 9.33. The summed E-state index contributed by atoms with van der Waals surface area (Å²) >= 11 is 0. The third-order valence-corrected chi connectivity index (χ3v) is 4.00. The van der Waals surface area contributed by atoms with Crippen LogP contribution >= 0.6 is 0 Å². The summed E-state index contributed by atoms with van der Waals surface area (Å²) in [6, 6.07) is -0.651. The molecule has 0 radical (unpaired) electrons. The smallest absolute Gasteiger partial charge is 0.320 e. The van der Waals surface area contributed by atoms with Crippen molar-refractivity contribution in [3.8, 4) is 0 Å². The highest BCUT2D eigenvalue weighted by Gasteiger charge is 2.52. The van der Waals surface area contributed by atoms with Crippen molar-refractivity contribution in [2.75, 3.05) is 13.1 Å². The highest BCUT2D eigenvalue weighted by atomic mass is 19.3. The molecule has 0 aromatic carbocycles. The molecule has 0 aromatic heterocycles. The van der Waals surface area contributed by atoms with Crippen LogP contribution < -0.4 is 0 Å². The zero-order chi connectivity index (χ0) is 11.9. The molecule has 0 bridgehead atoms. The van der Waals surface area contributed by atoms with Crippen LogP contribution in [-0.2, 0) is 4.79 Å². The summed E-state index contributed by atoms with van der Waals surface area (Å²) < 4.78 is 27.2. The van der Waals surface area contributed by atoms with Gasteiger partial charge in [-0.1, -0.05) is 0 Å². The third kappa shape index (κ3) is 1.93. The van der Waals surface area contributed by atoms with Gasteiger partial charge >= 0.3 is 5.97 Å². The average molecular weight is 233 g/mol. The monoisotopic (exact) mass is 233 g/mol. The first-order chi connectivity index (χ1) is 7.42. The first-order valence-corrected chi connectivity index (χ1v) is 5.76. The fourth-order valence-corrected chi connectivity index (χ4v) is 2.93. The molecule has 3 atom stereocenters. The van der Waals surface area contributed by atoms with E-state index in [1.54, 1.807) is 11.8 Å². The number of fused-ring (bicyclic) bond motifs is 1. The highest BCUT2D eigenvalue weighted by molar-refractivity contribution is 5.72. The van der Waals surface area contributed by atoms with Gasteiger partial charge in [-0.05, 0) is 25.7 Å². The zero-order valence-corrected chi connectivity index (χ0v) is 9.33. The molecule has 1 aliphatic carbocycles. The summed E-state index contributed by atoms with van der Waals surface area (Å²) in [7, 11) is 0. The van der Waals surface area contributed by atoms with Gasteiger partial charge in [-0.3, -0.25) is 9.69 Å². The molecule has 0 spiro atoms. The van der Waals surface area contributed by atoms with E-state index in [9.17, 15) is 13.6 Å². The van der Waals surface area contributed by atoms with Gasteiger partial charge in [0, 0.05) is 25.4 Å². The van der Waals surface area contributed by atoms with Gasteiger partial charge in [0.25, 0.3) is 5.92 Å². The van der Waals surface area contributed by atoms with Gasteiger partial charge in [0.1, 0.15) is 6.04 Å². The van der Waals surface area contributed by atoms with Gasteiger partial charge in [-0.25, -0.2) is 8.78 Å². The van der Waals surface area contributed by atoms with Crippen LogP contribution in [0.15, 0.2) is 0 Å². The van der Waals surface area contributed by atoms with Crippen LogP contribution in [0.3, 0.4) is 0 Å². The SMILES string of the molecule is C[C@H](C(=O)O)N1C[C@H]2CCCC(F)(F)[C@H]2C1. The van der Waals surface area contributed by atoms with E-state index >= 15 is 0 Å². The van der Waals surface area contributed by atoms with E-state index in [1.807, 2.05) is 0 Å². The topological polar surface area (TPSA) is 40.5 Å². The van der Waals surface area contributed by atoms with Crippen LogP contribution in [-0.4, -0.2) is 41.0 Å². The molecule has 1 aliphatic heterocycles. The van der Waals surface area contributed by atoms with Crippen molar-refractivity contribution < 1.29 is 18.7 Å². The molecule has 0 unspecified atom stereocenters. The molecule has 92 valence electrons. The minimum Gasteiger partial charge on any atom is -0.480 e. The predicted molar refractivity (Wildman–Crippen MR) is 54.4 cm³/mol. The molecule has 1 saturated carbocycles. The van der Waals surface area contributed by atoms with Crippen LogP contribution in [0.5, 0.6) is 0 Å². The van der Waals surface area contributed by atoms with Crippen molar-refractivity contribution >= 4 is 5.97 Å². The maximum atomic E-state index is 13.6. The lowest BCUT2D eigenvalue weighted by atomic mass is 9.79. The van der Waals surface area contributed by atoms with E-state index in [4.69, 9.17) is 5.11 Å². The second-order valence-electron chi connectivity index (χ2n) is 4.99. The average Bonchev–Trinajstić information content (AvgIpc) is 2.61. The fraction of sp³-hybridized carbons (Fsp3) is 0.909. The number of hydrogen-bond acceptors (Lipinski definition) is 2. The van der Waals surface area contributed by atoms with Crippen LogP contribution in [0.2, 0.25) is 0 Å². The number of hydrogen-bond donors (Lipinski definition) is 1. The van der Waals surface area contributed by atoms with E-state index < -0.39 is 23.9 Å². The summed E-state index contributed by atoms with van der Waals surface area (Å²) in [5.41, 5.74) is 0. The molecule has 0 amide bonds. The van der Waals surface area contributed by atoms with E-state index in [-0.39, 0.29) is 18.9 Å². The van der Waals surface area contributed by atoms with Gasteiger partial charge < -0.3 is 5.11 Å². The number of halogens is 2. The van der Waals surface area contributed by atoms with Crippen molar-refractivity contribution in [2.45, 2.75) is 38.2 Å². The Bertz CT molecular complexity index is 296. The van der Waals surface area contributed by atoms with E-state index in [0.717, 1.165) is 6.42 Å². The molecule has 2 fully saturated rings. The van der Waals surface area contributed by atoms with Gasteiger partial charge in [-0.15, -0.1) is 0 Å². The Hall–Kier alpha value is -0.710. The third-order valence-electron chi connectivity index (χ3n) is 4.00. The molecular weight excluding hydrogens is 216 g/mol. The Balaban J connectivity index is 2.08. The molecular formula is C11H17F2NO2. The number of aliphatic carboxylic acids is 1. The van der Waals surface area contributed by atoms with Crippen molar-refractivity contribution in [2.24, 2.45) is 11.8 Å². The number of likely N-dealkylation sites (tertiary alicyclic amines) is 1. The Morgan fingerprint density at radius 2 is 2.19 bits per heavy atom. The Morgan fingerprint density at radius 3 is 2.75 bits per heavy atom. The number of alkyl halides is 2. The number of carboxylic acids is 1. The number of carbonyl (C=O) groups is 1. The minimum atomic E-state index is -2.60. The second kappa shape index (κ2) is 3.95. The van der Waals surface area contributed by atoms with Gasteiger partial charge in [0.2, 0.25) is 0 Å². The molecule has 1 saturated heterocycles. The minimum absolute atomic E-state index is 0.0226. The number of nitrogens with zero attached hydrogens (tertiary/aromatic N) is 1. The molecule has 0 aromatic rings. The van der Waals surface area contributed by atoms with Gasteiger partial charge in [0.05, 0.1) is 0 Å². The second-order valence-corrected chi connectivity index (χ2v) is 4.99. The highest BCUT2D eigenvalue weighted by Crippen LogP contribution is 2.46. The normalized spacial score (nSPS) is 35.7. The quantitative estimate of drug-likeness (QED) is 0.791. The Kier molecular flexibility index (Phi) is 2.90. The molecule has 2 rings (SSSR count). The Labute approximate surface area is 93.4 Å². The summed E-state index contributed by atoms with van der Waals surface area (Å²) in [6.07, 6.45) is 1.33.